The van der Waals surface area contributed by atoms with Crippen molar-refractivity contribution in [1.29, 1.82) is 0 Å². The molecule has 0 spiro atoms. The Morgan fingerprint density at radius 3 is 2.20 bits per heavy atom. The molecular weight excluding hydrogens is 280 g/mol. The van der Waals surface area contributed by atoms with Crippen molar-refractivity contribution >= 4 is 21.7 Å². The maximum absolute atomic E-state index is 12.2. The molecule has 2 rings (SSSR count). The highest BCUT2D eigenvalue weighted by Gasteiger charge is 2.28. The molecule has 110 valence electrons. The average Bonchev–Trinajstić information content (AvgIpc) is 2.39. The number of carboxylic acids is 1. The van der Waals surface area contributed by atoms with Crippen molar-refractivity contribution in [3.05, 3.63) is 24.3 Å². The molecule has 1 aromatic carbocycles. The van der Waals surface area contributed by atoms with Gasteiger partial charge in [0.05, 0.1) is 10.8 Å². The van der Waals surface area contributed by atoms with Gasteiger partial charge in [0.2, 0.25) is 10.0 Å². The van der Waals surface area contributed by atoms with E-state index in [0.29, 0.717) is 31.4 Å². The molecule has 1 saturated carbocycles. The molecule has 1 fully saturated rings. The van der Waals surface area contributed by atoms with Gasteiger partial charge in [-0.1, -0.05) is 0 Å². The van der Waals surface area contributed by atoms with Gasteiger partial charge in [-0.15, -0.1) is 0 Å². The maximum Gasteiger partial charge on any atom is 0.306 e. The summed E-state index contributed by atoms with van der Waals surface area (Å²) in [6.07, 6.45) is 2.10. The molecular formula is C13H18N2O4S. The normalized spacial score (nSPS) is 23.4. The molecule has 6 nitrogen and oxygen atoms in total. The zero-order chi connectivity index (χ0) is 14.8. The molecule has 0 atom stereocenters. The maximum atomic E-state index is 12.2. The number of sulfonamides is 1. The lowest BCUT2D eigenvalue weighted by Gasteiger charge is -2.26. The highest BCUT2D eigenvalue weighted by atomic mass is 32.2. The number of nitrogens with two attached hydrogens (primary N) is 1. The first kappa shape index (κ1) is 14.8. The van der Waals surface area contributed by atoms with Gasteiger partial charge in [0.1, 0.15) is 0 Å². The summed E-state index contributed by atoms with van der Waals surface area (Å²) in [6.45, 7) is 0. The first-order valence-electron chi connectivity index (χ1n) is 6.49. The lowest BCUT2D eigenvalue weighted by atomic mass is 9.87. The molecule has 0 aliphatic heterocycles. The topological polar surface area (TPSA) is 109 Å². The van der Waals surface area contributed by atoms with Crippen molar-refractivity contribution in [1.82, 2.24) is 4.72 Å². The largest absolute Gasteiger partial charge is 0.481 e. The number of rotatable bonds is 4. The number of carbonyl (C=O) groups is 1. The number of aliphatic carboxylic acids is 1. The van der Waals surface area contributed by atoms with Crippen molar-refractivity contribution in [2.75, 3.05) is 5.73 Å². The fourth-order valence-corrected chi connectivity index (χ4v) is 3.70. The standard InChI is InChI=1S/C13H18N2O4S/c14-10-3-7-12(8-4-10)20(18,19)15-11-5-1-9(2-6-11)13(16)17/h3-4,7-9,11,15H,1-2,5-6,14H2,(H,16,17). The van der Waals surface area contributed by atoms with E-state index in [9.17, 15) is 13.2 Å². The quantitative estimate of drug-likeness (QED) is 0.723. The predicted octanol–water partition coefficient (Wildman–Crippen LogP) is 1.19. The van der Waals surface area contributed by atoms with Crippen LogP contribution >= 0.6 is 0 Å². The van der Waals surface area contributed by atoms with Gasteiger partial charge in [-0.3, -0.25) is 4.79 Å². The lowest BCUT2D eigenvalue weighted by Crippen LogP contribution is -2.38. The Morgan fingerprint density at radius 1 is 1.15 bits per heavy atom. The first-order chi connectivity index (χ1) is 9.38. The molecule has 1 aliphatic rings. The van der Waals surface area contributed by atoms with Crippen LogP contribution in [0.3, 0.4) is 0 Å². The second-order valence-corrected chi connectivity index (χ2v) is 6.79. The summed E-state index contributed by atoms with van der Waals surface area (Å²) >= 11 is 0. The number of nitrogens with one attached hydrogen (secondary N) is 1. The number of benzene rings is 1. The second kappa shape index (κ2) is 5.80. The summed E-state index contributed by atoms with van der Waals surface area (Å²) in [5.74, 6) is -1.16. The van der Waals surface area contributed by atoms with Gasteiger partial charge in [-0.25, -0.2) is 13.1 Å². The Morgan fingerprint density at radius 2 is 1.70 bits per heavy atom. The number of hydrogen-bond acceptors (Lipinski definition) is 4. The van der Waals surface area contributed by atoms with E-state index >= 15 is 0 Å². The van der Waals surface area contributed by atoms with Crippen molar-refractivity contribution in [3.63, 3.8) is 0 Å². The Balaban J connectivity index is 2.00. The van der Waals surface area contributed by atoms with E-state index in [-0.39, 0.29) is 16.9 Å². The van der Waals surface area contributed by atoms with Crippen LogP contribution in [0, 0.1) is 5.92 Å². The molecule has 7 heteroatoms. The van der Waals surface area contributed by atoms with Crippen LogP contribution in [-0.2, 0) is 14.8 Å². The Labute approximate surface area is 118 Å². The van der Waals surface area contributed by atoms with Crippen LogP contribution in [0.4, 0.5) is 5.69 Å². The second-order valence-electron chi connectivity index (χ2n) is 5.08. The van der Waals surface area contributed by atoms with Crippen molar-refractivity contribution < 1.29 is 18.3 Å². The van der Waals surface area contributed by atoms with Crippen molar-refractivity contribution in [2.24, 2.45) is 5.92 Å². The van der Waals surface area contributed by atoms with Gasteiger partial charge < -0.3 is 10.8 Å². The van der Waals surface area contributed by atoms with Crippen LogP contribution in [0.5, 0.6) is 0 Å². The molecule has 0 saturated heterocycles. The third-order valence-corrected chi connectivity index (χ3v) is 5.13. The Kier molecular flexibility index (Phi) is 4.29. The van der Waals surface area contributed by atoms with Crippen LogP contribution in [-0.4, -0.2) is 25.5 Å². The highest BCUT2D eigenvalue weighted by molar-refractivity contribution is 7.89. The van der Waals surface area contributed by atoms with Crippen LogP contribution in [0.15, 0.2) is 29.2 Å². The van der Waals surface area contributed by atoms with Crippen molar-refractivity contribution in [2.45, 2.75) is 36.6 Å². The third kappa shape index (κ3) is 3.49. The summed E-state index contributed by atoms with van der Waals surface area (Å²) in [6, 6.07) is 5.79. The first-order valence-corrected chi connectivity index (χ1v) is 7.97. The molecule has 0 amide bonds. The molecule has 4 N–H and O–H groups in total. The van der Waals surface area contributed by atoms with Crippen LogP contribution < -0.4 is 10.5 Å². The van der Waals surface area contributed by atoms with Gasteiger partial charge in [0, 0.05) is 11.7 Å². The summed E-state index contributed by atoms with van der Waals surface area (Å²) in [5.41, 5.74) is 6.03. The van der Waals surface area contributed by atoms with E-state index in [1.54, 1.807) is 0 Å². The SMILES string of the molecule is Nc1ccc(S(=O)(=O)NC2CCC(C(=O)O)CC2)cc1. The minimum Gasteiger partial charge on any atom is -0.481 e. The van der Waals surface area contributed by atoms with Crippen LogP contribution in [0.25, 0.3) is 0 Å². The summed E-state index contributed by atoms with van der Waals surface area (Å²) < 4.78 is 26.9. The number of anilines is 1. The summed E-state index contributed by atoms with van der Waals surface area (Å²) in [5, 5.41) is 8.91. The third-order valence-electron chi connectivity index (χ3n) is 3.59. The zero-order valence-electron chi connectivity index (χ0n) is 11.0. The summed E-state index contributed by atoms with van der Waals surface area (Å²) in [7, 11) is -3.57. The lowest BCUT2D eigenvalue weighted by molar-refractivity contribution is -0.142. The minimum absolute atomic E-state index is 0.173. The van der Waals surface area contributed by atoms with E-state index in [1.807, 2.05) is 0 Å². The molecule has 1 aliphatic carbocycles. The van der Waals surface area contributed by atoms with E-state index in [4.69, 9.17) is 10.8 Å². The summed E-state index contributed by atoms with van der Waals surface area (Å²) in [4.78, 5) is 11.0. The Hall–Kier alpha value is -1.60. The highest BCUT2D eigenvalue weighted by Crippen LogP contribution is 2.25. The number of nitrogen functional groups attached to an aromatic ring is 1. The van der Waals surface area contributed by atoms with E-state index in [0.717, 1.165) is 0 Å². The van der Waals surface area contributed by atoms with Gasteiger partial charge in [-0.2, -0.15) is 0 Å². The number of carboxylic acid groups (broad SMARTS) is 1. The molecule has 1 aromatic rings. The predicted molar refractivity (Wildman–Crippen MR) is 74.6 cm³/mol. The molecule has 0 bridgehead atoms. The van der Waals surface area contributed by atoms with Gasteiger partial charge in [0.25, 0.3) is 0 Å². The molecule has 0 aromatic heterocycles. The fraction of sp³-hybridized carbons (Fsp3) is 0.462. The number of hydrogen-bond donors (Lipinski definition) is 3. The zero-order valence-corrected chi connectivity index (χ0v) is 11.8. The van der Waals surface area contributed by atoms with Gasteiger partial charge in [-0.05, 0) is 49.9 Å². The van der Waals surface area contributed by atoms with E-state index in [1.165, 1.54) is 24.3 Å². The van der Waals surface area contributed by atoms with Crippen LogP contribution in [0.1, 0.15) is 25.7 Å². The fourth-order valence-electron chi connectivity index (χ4n) is 2.39. The molecule has 20 heavy (non-hydrogen) atoms. The van der Waals surface area contributed by atoms with Gasteiger partial charge in [0.15, 0.2) is 0 Å². The van der Waals surface area contributed by atoms with Gasteiger partial charge >= 0.3 is 5.97 Å². The smallest absolute Gasteiger partial charge is 0.306 e. The Bertz CT molecular complexity index is 575. The van der Waals surface area contributed by atoms with E-state index in [2.05, 4.69) is 4.72 Å². The molecule has 0 unspecified atom stereocenters. The van der Waals surface area contributed by atoms with Crippen LogP contribution in [0.2, 0.25) is 0 Å². The monoisotopic (exact) mass is 298 g/mol. The van der Waals surface area contributed by atoms with E-state index < -0.39 is 16.0 Å². The average molecular weight is 298 g/mol. The van der Waals surface area contributed by atoms with Crippen molar-refractivity contribution in [3.8, 4) is 0 Å². The molecule has 0 heterocycles. The molecule has 0 radical (unpaired) electrons. The minimum atomic E-state index is -3.57.